The summed E-state index contributed by atoms with van der Waals surface area (Å²) in [5, 5.41) is 12.8. The minimum Gasteiger partial charge on any atom is -0.345 e. The predicted octanol–water partition coefficient (Wildman–Crippen LogP) is 2.51. The number of aromatic nitrogens is 5. The van der Waals surface area contributed by atoms with Gasteiger partial charge >= 0.3 is 0 Å². The second kappa shape index (κ2) is 12.5. The van der Waals surface area contributed by atoms with Crippen molar-refractivity contribution < 1.29 is 18.4 Å². The molecule has 38 heavy (non-hydrogen) atoms. The topological polar surface area (TPSA) is 124 Å². The number of carbonyl (C=O) groups is 2. The van der Waals surface area contributed by atoms with Gasteiger partial charge in [-0.15, -0.1) is 5.10 Å². The van der Waals surface area contributed by atoms with Crippen molar-refractivity contribution in [3.05, 3.63) is 106 Å². The Morgan fingerprint density at radius 2 is 1.89 bits per heavy atom. The second-order valence-electron chi connectivity index (χ2n) is 8.48. The van der Waals surface area contributed by atoms with Gasteiger partial charge in [0.05, 0.1) is 31.4 Å². The van der Waals surface area contributed by atoms with E-state index in [1.807, 2.05) is 30.3 Å². The molecule has 10 nitrogen and oxygen atoms in total. The Balaban J connectivity index is 1.23. The minimum absolute atomic E-state index is 0.00197. The molecule has 3 aromatic heterocycles. The number of hydrogen-bond acceptors (Lipinski definition) is 6. The molecule has 0 aliphatic rings. The van der Waals surface area contributed by atoms with Crippen molar-refractivity contribution in [2.45, 2.75) is 38.6 Å². The molecule has 0 fully saturated rings. The molecule has 0 saturated carbocycles. The van der Waals surface area contributed by atoms with E-state index in [1.165, 1.54) is 52.1 Å². The van der Waals surface area contributed by atoms with Crippen LogP contribution in [0, 0.1) is 5.82 Å². The summed E-state index contributed by atoms with van der Waals surface area (Å²) in [5.74, 6) is -1.37. The molecule has 0 aliphatic carbocycles. The monoisotopic (exact) mass is 521 g/mol. The molecule has 2 N–H and O–H groups in total. The number of carbonyl (C=O) groups excluding carboxylic acids is 2. The Labute approximate surface area is 216 Å². The zero-order chi connectivity index (χ0) is 26.9. The molecule has 1 aromatic carbocycles. The lowest BCUT2D eigenvalue weighted by atomic mass is 10.1. The summed E-state index contributed by atoms with van der Waals surface area (Å²) in [6.07, 6.45) is 3.02. The van der Waals surface area contributed by atoms with Crippen molar-refractivity contribution >= 4 is 17.5 Å². The van der Waals surface area contributed by atoms with Crippen molar-refractivity contribution in [2.75, 3.05) is 5.32 Å². The van der Waals surface area contributed by atoms with E-state index in [0.29, 0.717) is 5.69 Å². The van der Waals surface area contributed by atoms with Crippen molar-refractivity contribution in [1.82, 2.24) is 29.9 Å². The smallest absolute Gasteiger partial charge is 0.273 e. The molecule has 0 aliphatic heterocycles. The number of pyridine rings is 2. The standard InChI is InChI=1S/C26H25F2N7O3/c27-19(8-12-35-17-23(32-33-35)26(38)30-15-22-21(28)7-4-10-29-22)16-34-11-9-20(14-25(34)37)31-24(36)13-18-5-2-1-3-6-18/h1-7,9-11,14,17,19H,8,12-13,15-16H2,(H,30,38)(H,31,36). The van der Waals surface area contributed by atoms with Crippen LogP contribution in [-0.4, -0.2) is 42.5 Å². The number of halogens is 2. The van der Waals surface area contributed by atoms with Crippen LogP contribution in [0.15, 0.2) is 78.0 Å². The number of rotatable bonds is 11. The van der Waals surface area contributed by atoms with E-state index in [4.69, 9.17) is 0 Å². The number of nitrogens with zero attached hydrogens (tertiary/aromatic N) is 5. The Hall–Kier alpha value is -4.74. The summed E-state index contributed by atoms with van der Waals surface area (Å²) in [5.41, 5.74) is 0.818. The van der Waals surface area contributed by atoms with Crippen molar-refractivity contribution in [2.24, 2.45) is 0 Å². The molecule has 1 atom stereocenters. The number of benzene rings is 1. The first kappa shape index (κ1) is 26.3. The third kappa shape index (κ3) is 7.38. The number of nitrogens with one attached hydrogen (secondary N) is 2. The first-order valence-electron chi connectivity index (χ1n) is 11.8. The van der Waals surface area contributed by atoms with Gasteiger partial charge in [0.1, 0.15) is 12.0 Å². The number of alkyl halides is 1. The largest absolute Gasteiger partial charge is 0.345 e. The van der Waals surface area contributed by atoms with Gasteiger partial charge in [0, 0.05) is 30.7 Å². The highest BCUT2D eigenvalue weighted by atomic mass is 19.1. The van der Waals surface area contributed by atoms with Gasteiger partial charge in [0.25, 0.3) is 11.5 Å². The van der Waals surface area contributed by atoms with E-state index >= 15 is 0 Å². The van der Waals surface area contributed by atoms with Gasteiger partial charge in [-0.2, -0.15) is 0 Å². The molecular formula is C26H25F2N7O3. The highest BCUT2D eigenvalue weighted by Gasteiger charge is 2.14. The molecule has 2 amide bonds. The van der Waals surface area contributed by atoms with Gasteiger partial charge in [-0.25, -0.2) is 8.78 Å². The summed E-state index contributed by atoms with van der Waals surface area (Å²) in [6, 6.07) is 14.7. The van der Waals surface area contributed by atoms with E-state index in [2.05, 4.69) is 25.9 Å². The van der Waals surface area contributed by atoms with Crippen LogP contribution in [0.2, 0.25) is 0 Å². The third-order valence-corrected chi connectivity index (χ3v) is 5.58. The molecule has 0 radical (unpaired) electrons. The summed E-state index contributed by atoms with van der Waals surface area (Å²) >= 11 is 0. The summed E-state index contributed by atoms with van der Waals surface area (Å²) in [7, 11) is 0. The van der Waals surface area contributed by atoms with Gasteiger partial charge in [-0.05, 0) is 30.2 Å². The molecule has 0 spiro atoms. The fourth-order valence-corrected chi connectivity index (χ4v) is 3.61. The van der Waals surface area contributed by atoms with Crippen LogP contribution in [-0.2, 0) is 30.8 Å². The zero-order valence-corrected chi connectivity index (χ0v) is 20.3. The normalized spacial score (nSPS) is 11.6. The van der Waals surface area contributed by atoms with Gasteiger partial charge in [0.2, 0.25) is 5.91 Å². The number of aryl methyl sites for hydroxylation is 1. The molecule has 4 rings (SSSR count). The van der Waals surface area contributed by atoms with Crippen molar-refractivity contribution in [3.63, 3.8) is 0 Å². The number of hydrogen-bond donors (Lipinski definition) is 2. The van der Waals surface area contributed by atoms with Crippen molar-refractivity contribution in [3.8, 4) is 0 Å². The Bertz CT molecular complexity index is 1460. The van der Waals surface area contributed by atoms with E-state index in [0.717, 1.165) is 5.56 Å². The average molecular weight is 522 g/mol. The molecule has 196 valence electrons. The first-order valence-corrected chi connectivity index (χ1v) is 11.8. The zero-order valence-electron chi connectivity index (χ0n) is 20.3. The average Bonchev–Trinajstić information content (AvgIpc) is 3.38. The summed E-state index contributed by atoms with van der Waals surface area (Å²) < 4.78 is 30.8. The fraction of sp³-hybridized carbons (Fsp3) is 0.231. The van der Waals surface area contributed by atoms with Gasteiger partial charge < -0.3 is 15.2 Å². The van der Waals surface area contributed by atoms with Crippen LogP contribution in [0.3, 0.4) is 0 Å². The maximum Gasteiger partial charge on any atom is 0.273 e. The van der Waals surface area contributed by atoms with Gasteiger partial charge in [-0.1, -0.05) is 35.5 Å². The highest BCUT2D eigenvalue weighted by Crippen LogP contribution is 2.09. The van der Waals surface area contributed by atoms with Gasteiger partial charge in [-0.3, -0.25) is 24.0 Å². The van der Waals surface area contributed by atoms with Gasteiger partial charge in [0.15, 0.2) is 5.69 Å². The maximum absolute atomic E-state index is 14.6. The molecule has 0 bridgehead atoms. The number of anilines is 1. The van der Waals surface area contributed by atoms with Crippen LogP contribution >= 0.6 is 0 Å². The van der Waals surface area contributed by atoms with E-state index in [1.54, 1.807) is 0 Å². The van der Waals surface area contributed by atoms with E-state index in [9.17, 15) is 23.2 Å². The molecule has 12 heteroatoms. The summed E-state index contributed by atoms with van der Waals surface area (Å²) in [4.78, 5) is 40.7. The minimum atomic E-state index is -1.38. The maximum atomic E-state index is 14.6. The molecule has 4 aromatic rings. The Kier molecular flexibility index (Phi) is 8.65. The van der Waals surface area contributed by atoms with Crippen LogP contribution in [0.1, 0.15) is 28.2 Å². The lowest BCUT2D eigenvalue weighted by Gasteiger charge is -2.12. The third-order valence-electron chi connectivity index (χ3n) is 5.58. The van der Waals surface area contributed by atoms with Crippen LogP contribution in [0.4, 0.5) is 14.5 Å². The second-order valence-corrected chi connectivity index (χ2v) is 8.48. The van der Waals surface area contributed by atoms with Crippen LogP contribution in [0.25, 0.3) is 0 Å². The predicted molar refractivity (Wildman–Crippen MR) is 134 cm³/mol. The van der Waals surface area contributed by atoms with E-state index < -0.39 is 23.5 Å². The number of amides is 2. The summed E-state index contributed by atoms with van der Waals surface area (Å²) in [6.45, 7) is -0.178. The quantitative estimate of drug-likeness (QED) is 0.313. The molecular weight excluding hydrogens is 496 g/mol. The van der Waals surface area contributed by atoms with Crippen LogP contribution < -0.4 is 16.2 Å². The SMILES string of the molecule is O=C(Cc1ccccc1)Nc1ccn(CC(F)CCn2cc(C(=O)NCc3ncccc3F)nn2)c(=O)c1. The fourth-order valence-electron chi connectivity index (χ4n) is 3.61. The van der Waals surface area contributed by atoms with E-state index in [-0.39, 0.29) is 49.8 Å². The molecule has 3 heterocycles. The molecule has 0 saturated heterocycles. The Morgan fingerprint density at radius 3 is 2.66 bits per heavy atom. The van der Waals surface area contributed by atoms with Crippen LogP contribution in [0.5, 0.6) is 0 Å². The first-order chi connectivity index (χ1) is 18.4. The highest BCUT2D eigenvalue weighted by molar-refractivity contribution is 5.92. The molecule has 1 unspecified atom stereocenters. The van der Waals surface area contributed by atoms with Crippen molar-refractivity contribution in [1.29, 1.82) is 0 Å². The Morgan fingerprint density at radius 1 is 1.08 bits per heavy atom. The lowest BCUT2D eigenvalue weighted by Crippen LogP contribution is -2.25. The lowest BCUT2D eigenvalue weighted by molar-refractivity contribution is -0.115.